The summed E-state index contributed by atoms with van der Waals surface area (Å²) in [6, 6.07) is 0.147. The first kappa shape index (κ1) is 13.2. The Bertz CT molecular complexity index is 280. The lowest BCUT2D eigenvalue weighted by molar-refractivity contribution is 0.532. The fraction of sp³-hybridized carbons (Fsp3) is 0.769. The van der Waals surface area contributed by atoms with Gasteiger partial charge < -0.3 is 5.73 Å². The van der Waals surface area contributed by atoms with Crippen LogP contribution in [0.2, 0.25) is 0 Å². The lowest BCUT2D eigenvalue weighted by Gasteiger charge is -2.04. The molecule has 16 heavy (non-hydrogen) atoms. The molecule has 0 bridgehead atoms. The van der Waals surface area contributed by atoms with Crippen molar-refractivity contribution in [2.45, 2.75) is 65.0 Å². The topological polar surface area (TPSA) is 43.8 Å². The molecule has 3 heteroatoms. The number of unbranched alkanes of at least 4 members (excludes halogenated alkanes) is 4. The van der Waals surface area contributed by atoms with Crippen LogP contribution in [0.25, 0.3) is 0 Å². The smallest absolute Gasteiger partial charge is 0.0537 e. The van der Waals surface area contributed by atoms with Crippen molar-refractivity contribution in [1.82, 2.24) is 9.78 Å². The molecule has 1 rings (SSSR count). The number of aryl methyl sites for hydroxylation is 1. The van der Waals surface area contributed by atoms with E-state index >= 15 is 0 Å². The van der Waals surface area contributed by atoms with Crippen molar-refractivity contribution in [2.24, 2.45) is 5.73 Å². The molecule has 0 fully saturated rings. The van der Waals surface area contributed by atoms with Gasteiger partial charge in [-0.1, -0.05) is 39.5 Å². The summed E-state index contributed by atoms with van der Waals surface area (Å²) in [7, 11) is 0. The monoisotopic (exact) mass is 223 g/mol. The number of hydrogen-bond donors (Lipinski definition) is 1. The molecular formula is C13H25N3. The number of hydrogen-bond acceptors (Lipinski definition) is 2. The van der Waals surface area contributed by atoms with E-state index in [0.29, 0.717) is 0 Å². The minimum atomic E-state index is 0.147. The van der Waals surface area contributed by atoms with Gasteiger partial charge in [-0.3, -0.25) is 4.68 Å². The first-order valence-corrected chi connectivity index (χ1v) is 6.55. The predicted molar refractivity (Wildman–Crippen MR) is 68.2 cm³/mol. The first-order valence-electron chi connectivity index (χ1n) is 6.55. The van der Waals surface area contributed by atoms with Gasteiger partial charge in [-0.2, -0.15) is 5.10 Å². The summed E-state index contributed by atoms with van der Waals surface area (Å²) in [6.45, 7) is 5.37. The molecule has 0 aromatic carbocycles. The fourth-order valence-corrected chi connectivity index (χ4v) is 1.81. The van der Waals surface area contributed by atoms with E-state index in [1.54, 1.807) is 0 Å². The Hall–Kier alpha value is -0.830. The van der Waals surface area contributed by atoms with Crippen LogP contribution < -0.4 is 5.73 Å². The van der Waals surface area contributed by atoms with Crippen LogP contribution >= 0.6 is 0 Å². The minimum Gasteiger partial charge on any atom is -0.324 e. The Morgan fingerprint density at radius 3 is 2.69 bits per heavy atom. The van der Waals surface area contributed by atoms with Gasteiger partial charge in [-0.25, -0.2) is 0 Å². The molecule has 0 aliphatic carbocycles. The molecule has 1 aromatic heterocycles. The summed E-state index contributed by atoms with van der Waals surface area (Å²) in [4.78, 5) is 0. The summed E-state index contributed by atoms with van der Waals surface area (Å²) in [6.07, 6.45) is 11.5. The van der Waals surface area contributed by atoms with Gasteiger partial charge >= 0.3 is 0 Å². The summed E-state index contributed by atoms with van der Waals surface area (Å²) < 4.78 is 2.02. The van der Waals surface area contributed by atoms with Crippen molar-refractivity contribution < 1.29 is 0 Å². The normalized spacial score (nSPS) is 12.9. The summed E-state index contributed by atoms with van der Waals surface area (Å²) in [5, 5.41) is 4.34. The Morgan fingerprint density at radius 2 is 2.00 bits per heavy atom. The van der Waals surface area contributed by atoms with Crippen LogP contribution in [0.4, 0.5) is 0 Å². The van der Waals surface area contributed by atoms with E-state index in [2.05, 4.69) is 25.1 Å². The highest BCUT2D eigenvalue weighted by atomic mass is 15.3. The maximum Gasteiger partial charge on any atom is 0.0537 e. The SMILES string of the molecule is CCCCCCCn1cc(C(N)CC)cn1. The zero-order valence-electron chi connectivity index (χ0n) is 10.7. The Kier molecular flexibility index (Phi) is 6.16. The van der Waals surface area contributed by atoms with Crippen molar-refractivity contribution in [3.63, 3.8) is 0 Å². The third-order valence-electron chi connectivity index (χ3n) is 3.01. The van der Waals surface area contributed by atoms with E-state index < -0.39 is 0 Å². The third kappa shape index (κ3) is 4.35. The van der Waals surface area contributed by atoms with Crippen LogP contribution in [0, 0.1) is 0 Å². The van der Waals surface area contributed by atoms with Gasteiger partial charge in [0.25, 0.3) is 0 Å². The fourth-order valence-electron chi connectivity index (χ4n) is 1.81. The Morgan fingerprint density at radius 1 is 1.25 bits per heavy atom. The standard InChI is InChI=1S/C13H25N3/c1-3-5-6-7-8-9-16-11-12(10-15-16)13(14)4-2/h10-11,13H,3-9,14H2,1-2H3. The predicted octanol–water partition coefficient (Wildman–Crippen LogP) is 3.26. The molecule has 1 unspecified atom stereocenters. The van der Waals surface area contributed by atoms with Gasteiger partial charge in [0.1, 0.15) is 0 Å². The molecule has 0 saturated carbocycles. The highest BCUT2D eigenvalue weighted by Crippen LogP contribution is 2.12. The quantitative estimate of drug-likeness (QED) is 0.687. The molecule has 1 atom stereocenters. The Balaban J connectivity index is 2.24. The van der Waals surface area contributed by atoms with Crippen molar-refractivity contribution in [3.8, 4) is 0 Å². The molecule has 0 amide bonds. The number of nitrogens with two attached hydrogens (primary N) is 1. The lowest BCUT2D eigenvalue weighted by atomic mass is 10.1. The minimum absolute atomic E-state index is 0.147. The summed E-state index contributed by atoms with van der Waals surface area (Å²) in [5.74, 6) is 0. The van der Waals surface area contributed by atoms with Gasteiger partial charge in [0, 0.05) is 24.3 Å². The molecule has 1 aromatic rings. The van der Waals surface area contributed by atoms with Gasteiger partial charge in [0.2, 0.25) is 0 Å². The second-order valence-corrected chi connectivity index (χ2v) is 4.47. The maximum absolute atomic E-state index is 5.95. The Labute approximate surface area is 99.0 Å². The largest absolute Gasteiger partial charge is 0.324 e. The maximum atomic E-state index is 5.95. The molecule has 92 valence electrons. The van der Waals surface area contributed by atoms with Crippen LogP contribution in [-0.4, -0.2) is 9.78 Å². The van der Waals surface area contributed by atoms with E-state index in [1.807, 2.05) is 10.9 Å². The van der Waals surface area contributed by atoms with Gasteiger partial charge in [-0.15, -0.1) is 0 Å². The second kappa shape index (κ2) is 7.44. The van der Waals surface area contributed by atoms with Crippen LogP contribution in [-0.2, 0) is 6.54 Å². The van der Waals surface area contributed by atoms with Gasteiger partial charge in [-0.05, 0) is 12.8 Å². The van der Waals surface area contributed by atoms with Crippen molar-refractivity contribution in [1.29, 1.82) is 0 Å². The van der Waals surface area contributed by atoms with Crippen molar-refractivity contribution in [2.75, 3.05) is 0 Å². The highest BCUT2D eigenvalue weighted by molar-refractivity contribution is 5.08. The zero-order chi connectivity index (χ0) is 11.8. The van der Waals surface area contributed by atoms with E-state index in [9.17, 15) is 0 Å². The number of aromatic nitrogens is 2. The van der Waals surface area contributed by atoms with E-state index in [0.717, 1.165) is 18.5 Å². The number of rotatable bonds is 8. The van der Waals surface area contributed by atoms with Crippen LogP contribution in [0.3, 0.4) is 0 Å². The first-order chi connectivity index (χ1) is 7.77. The molecule has 0 saturated heterocycles. The summed E-state index contributed by atoms with van der Waals surface area (Å²) in [5.41, 5.74) is 7.11. The molecule has 3 nitrogen and oxygen atoms in total. The zero-order valence-corrected chi connectivity index (χ0v) is 10.7. The van der Waals surface area contributed by atoms with Crippen LogP contribution in [0.1, 0.15) is 64.0 Å². The van der Waals surface area contributed by atoms with Gasteiger partial charge in [0.05, 0.1) is 6.20 Å². The lowest BCUT2D eigenvalue weighted by Crippen LogP contribution is -2.07. The summed E-state index contributed by atoms with van der Waals surface area (Å²) >= 11 is 0. The van der Waals surface area contributed by atoms with E-state index in [1.165, 1.54) is 32.1 Å². The van der Waals surface area contributed by atoms with E-state index in [-0.39, 0.29) is 6.04 Å². The number of nitrogens with zero attached hydrogens (tertiary/aromatic N) is 2. The van der Waals surface area contributed by atoms with Crippen LogP contribution in [0.15, 0.2) is 12.4 Å². The van der Waals surface area contributed by atoms with Crippen LogP contribution in [0.5, 0.6) is 0 Å². The highest BCUT2D eigenvalue weighted by Gasteiger charge is 2.05. The molecule has 0 radical (unpaired) electrons. The molecule has 1 heterocycles. The molecule has 2 N–H and O–H groups in total. The second-order valence-electron chi connectivity index (χ2n) is 4.47. The van der Waals surface area contributed by atoms with E-state index in [4.69, 9.17) is 5.73 Å². The molecule has 0 aliphatic rings. The third-order valence-corrected chi connectivity index (χ3v) is 3.01. The van der Waals surface area contributed by atoms with Crippen molar-refractivity contribution in [3.05, 3.63) is 18.0 Å². The molecular weight excluding hydrogens is 198 g/mol. The average molecular weight is 223 g/mol. The van der Waals surface area contributed by atoms with Gasteiger partial charge in [0.15, 0.2) is 0 Å². The molecule has 0 spiro atoms. The average Bonchev–Trinajstić information content (AvgIpc) is 2.76. The van der Waals surface area contributed by atoms with Crippen molar-refractivity contribution >= 4 is 0 Å². The molecule has 0 aliphatic heterocycles.